The maximum Gasteiger partial charge on any atom is 0.231 e. The Bertz CT molecular complexity index is 478. The Morgan fingerprint density at radius 2 is 2.14 bits per heavy atom. The molecule has 0 saturated carbocycles. The Kier molecular flexibility index (Phi) is 4.66. The molecule has 1 saturated heterocycles. The van der Waals surface area contributed by atoms with E-state index in [0.29, 0.717) is 18.9 Å². The molecular formula is C17H26N2O2. The third kappa shape index (κ3) is 3.50. The van der Waals surface area contributed by atoms with Crippen molar-refractivity contribution in [3.8, 4) is 11.5 Å². The van der Waals surface area contributed by atoms with Crippen LogP contribution in [0.15, 0.2) is 18.2 Å². The molecule has 1 aromatic carbocycles. The molecule has 2 unspecified atom stereocenters. The minimum atomic E-state index is 0.351. The second-order valence-corrected chi connectivity index (χ2v) is 6.18. The van der Waals surface area contributed by atoms with Gasteiger partial charge in [-0.25, -0.2) is 0 Å². The molecule has 1 fully saturated rings. The van der Waals surface area contributed by atoms with E-state index in [1.54, 1.807) is 0 Å². The molecule has 4 heteroatoms. The minimum absolute atomic E-state index is 0.351. The first kappa shape index (κ1) is 14.7. The fourth-order valence-electron chi connectivity index (χ4n) is 3.26. The zero-order valence-electron chi connectivity index (χ0n) is 13.1. The third-order valence-electron chi connectivity index (χ3n) is 4.52. The molecule has 3 rings (SSSR count). The van der Waals surface area contributed by atoms with E-state index in [2.05, 4.69) is 36.2 Å². The van der Waals surface area contributed by atoms with Crippen LogP contribution in [0, 0.1) is 0 Å². The Labute approximate surface area is 127 Å². The summed E-state index contributed by atoms with van der Waals surface area (Å²) in [5.74, 6) is 1.76. The second kappa shape index (κ2) is 6.67. The molecule has 0 bridgehead atoms. The maximum absolute atomic E-state index is 5.47. The van der Waals surface area contributed by atoms with Gasteiger partial charge in [0.15, 0.2) is 11.5 Å². The zero-order chi connectivity index (χ0) is 14.7. The number of hydrogen-bond donors (Lipinski definition) is 1. The number of benzene rings is 1. The molecule has 116 valence electrons. The molecule has 2 heterocycles. The summed E-state index contributed by atoms with van der Waals surface area (Å²) < 4.78 is 10.8. The summed E-state index contributed by atoms with van der Waals surface area (Å²) in [4.78, 5) is 2.57. The summed E-state index contributed by atoms with van der Waals surface area (Å²) in [7, 11) is 0. The van der Waals surface area contributed by atoms with Crippen LogP contribution in [0.25, 0.3) is 0 Å². The lowest BCUT2D eigenvalue weighted by Gasteiger charge is -2.38. The smallest absolute Gasteiger partial charge is 0.231 e. The van der Waals surface area contributed by atoms with Crippen molar-refractivity contribution in [2.45, 2.75) is 51.7 Å². The number of ether oxygens (including phenoxy) is 2. The van der Waals surface area contributed by atoms with Gasteiger partial charge in [-0.2, -0.15) is 0 Å². The van der Waals surface area contributed by atoms with Crippen molar-refractivity contribution in [2.24, 2.45) is 0 Å². The third-order valence-corrected chi connectivity index (χ3v) is 4.52. The fourth-order valence-corrected chi connectivity index (χ4v) is 3.26. The summed E-state index contributed by atoms with van der Waals surface area (Å²) >= 11 is 0. The van der Waals surface area contributed by atoms with Crippen LogP contribution in [0.2, 0.25) is 0 Å². The predicted molar refractivity (Wildman–Crippen MR) is 83.8 cm³/mol. The van der Waals surface area contributed by atoms with Crippen LogP contribution in [0.4, 0.5) is 0 Å². The predicted octanol–water partition coefficient (Wildman–Crippen LogP) is 2.77. The lowest BCUT2D eigenvalue weighted by atomic mass is 9.97. The van der Waals surface area contributed by atoms with Crippen LogP contribution in [0.3, 0.4) is 0 Å². The van der Waals surface area contributed by atoms with E-state index in [-0.39, 0.29) is 0 Å². The molecule has 2 atom stereocenters. The van der Waals surface area contributed by atoms with Gasteiger partial charge in [-0.3, -0.25) is 4.90 Å². The van der Waals surface area contributed by atoms with Gasteiger partial charge in [-0.15, -0.1) is 0 Å². The quantitative estimate of drug-likeness (QED) is 0.904. The van der Waals surface area contributed by atoms with Crippen LogP contribution in [0.1, 0.15) is 38.7 Å². The van der Waals surface area contributed by atoms with E-state index in [1.807, 2.05) is 6.07 Å². The molecule has 0 aliphatic carbocycles. The van der Waals surface area contributed by atoms with Gasteiger partial charge < -0.3 is 14.8 Å². The topological polar surface area (TPSA) is 33.7 Å². The minimum Gasteiger partial charge on any atom is -0.454 e. The van der Waals surface area contributed by atoms with E-state index in [9.17, 15) is 0 Å². The first-order valence-corrected chi connectivity index (χ1v) is 8.12. The SMILES string of the molecule is CCCNC1CCN(Cc2ccc3c(c2)OCO3)C(C)C1. The van der Waals surface area contributed by atoms with Gasteiger partial charge in [0.25, 0.3) is 0 Å². The summed E-state index contributed by atoms with van der Waals surface area (Å²) in [6.45, 7) is 8.22. The first-order chi connectivity index (χ1) is 10.3. The molecule has 1 N–H and O–H groups in total. The van der Waals surface area contributed by atoms with Crippen LogP contribution < -0.4 is 14.8 Å². The van der Waals surface area contributed by atoms with E-state index in [4.69, 9.17) is 9.47 Å². The first-order valence-electron chi connectivity index (χ1n) is 8.12. The maximum atomic E-state index is 5.47. The van der Waals surface area contributed by atoms with Gasteiger partial charge in [0.2, 0.25) is 6.79 Å². The van der Waals surface area contributed by atoms with Crippen molar-refractivity contribution in [1.29, 1.82) is 0 Å². The highest BCUT2D eigenvalue weighted by Gasteiger charge is 2.25. The lowest BCUT2D eigenvalue weighted by molar-refractivity contribution is 0.128. The molecule has 2 aliphatic heterocycles. The van der Waals surface area contributed by atoms with Gasteiger partial charge in [0.1, 0.15) is 0 Å². The number of nitrogens with one attached hydrogen (secondary N) is 1. The van der Waals surface area contributed by atoms with Crippen molar-refractivity contribution < 1.29 is 9.47 Å². The van der Waals surface area contributed by atoms with Crippen molar-refractivity contribution in [3.63, 3.8) is 0 Å². The second-order valence-electron chi connectivity index (χ2n) is 6.18. The number of piperidine rings is 1. The molecule has 2 aliphatic rings. The van der Waals surface area contributed by atoms with Crippen molar-refractivity contribution in [1.82, 2.24) is 10.2 Å². The van der Waals surface area contributed by atoms with Gasteiger partial charge >= 0.3 is 0 Å². The van der Waals surface area contributed by atoms with E-state index in [1.165, 1.54) is 24.8 Å². The number of nitrogens with zero attached hydrogens (tertiary/aromatic N) is 1. The summed E-state index contributed by atoms with van der Waals surface area (Å²) in [6, 6.07) is 7.61. The summed E-state index contributed by atoms with van der Waals surface area (Å²) in [6.07, 6.45) is 3.70. The van der Waals surface area contributed by atoms with Gasteiger partial charge in [0, 0.05) is 25.2 Å². The van der Waals surface area contributed by atoms with Crippen molar-refractivity contribution in [3.05, 3.63) is 23.8 Å². The molecule has 4 nitrogen and oxygen atoms in total. The summed E-state index contributed by atoms with van der Waals surface area (Å²) in [5, 5.41) is 3.66. The van der Waals surface area contributed by atoms with Crippen molar-refractivity contribution in [2.75, 3.05) is 19.9 Å². The standard InChI is InChI=1S/C17H26N2O2/c1-3-7-18-15-6-8-19(13(2)9-15)11-14-4-5-16-17(10-14)21-12-20-16/h4-5,10,13,15,18H,3,6-9,11-12H2,1-2H3. The molecule has 21 heavy (non-hydrogen) atoms. The average molecular weight is 290 g/mol. The molecule has 0 radical (unpaired) electrons. The molecule has 0 amide bonds. The Hall–Kier alpha value is -1.26. The van der Waals surface area contributed by atoms with E-state index in [0.717, 1.165) is 31.1 Å². The van der Waals surface area contributed by atoms with Crippen LogP contribution in [0.5, 0.6) is 11.5 Å². The number of hydrogen-bond acceptors (Lipinski definition) is 4. The molecule has 0 spiro atoms. The summed E-state index contributed by atoms with van der Waals surface area (Å²) in [5.41, 5.74) is 1.31. The highest BCUT2D eigenvalue weighted by molar-refractivity contribution is 5.44. The highest BCUT2D eigenvalue weighted by atomic mass is 16.7. The Balaban J connectivity index is 1.56. The number of fused-ring (bicyclic) bond motifs is 1. The highest BCUT2D eigenvalue weighted by Crippen LogP contribution is 2.33. The monoisotopic (exact) mass is 290 g/mol. The Morgan fingerprint density at radius 3 is 2.95 bits per heavy atom. The zero-order valence-corrected chi connectivity index (χ0v) is 13.1. The molecular weight excluding hydrogens is 264 g/mol. The fraction of sp³-hybridized carbons (Fsp3) is 0.647. The average Bonchev–Trinajstić information content (AvgIpc) is 2.95. The Morgan fingerprint density at radius 1 is 1.29 bits per heavy atom. The van der Waals surface area contributed by atoms with Crippen LogP contribution >= 0.6 is 0 Å². The van der Waals surface area contributed by atoms with Crippen LogP contribution in [-0.4, -0.2) is 36.9 Å². The van der Waals surface area contributed by atoms with Crippen LogP contribution in [-0.2, 0) is 6.54 Å². The van der Waals surface area contributed by atoms with E-state index >= 15 is 0 Å². The van der Waals surface area contributed by atoms with Gasteiger partial charge in [-0.1, -0.05) is 13.0 Å². The largest absolute Gasteiger partial charge is 0.454 e. The normalized spacial score (nSPS) is 25.2. The molecule has 1 aromatic rings. The van der Waals surface area contributed by atoms with Gasteiger partial charge in [0.05, 0.1) is 0 Å². The number of rotatable bonds is 5. The van der Waals surface area contributed by atoms with Crippen molar-refractivity contribution >= 4 is 0 Å². The van der Waals surface area contributed by atoms with E-state index < -0.39 is 0 Å². The lowest BCUT2D eigenvalue weighted by Crippen LogP contribution is -2.47. The van der Waals surface area contributed by atoms with Gasteiger partial charge in [-0.05, 0) is 50.4 Å². The number of likely N-dealkylation sites (tertiary alicyclic amines) is 1. The molecule has 0 aromatic heterocycles.